The number of halogens is 2. The molecule has 0 radical (unpaired) electrons. The predicted octanol–water partition coefficient (Wildman–Crippen LogP) is 3.60. The third-order valence-electron chi connectivity index (χ3n) is 4.55. The zero-order valence-corrected chi connectivity index (χ0v) is 17.8. The standard InChI is InChI=1S/C22H30F2N4O2/c1-4-25-22(26-12-5-6-13-28-17(3)8-7-9-20(28)29)27-15-18-14-16(2)10-11-19(18)30-21(23)24/h7-11,14,21H,4-6,12-13,15H2,1-3H3,(H2,25,26,27). The van der Waals surface area contributed by atoms with Gasteiger partial charge in [0.2, 0.25) is 0 Å². The van der Waals surface area contributed by atoms with E-state index in [2.05, 4.69) is 20.4 Å². The van der Waals surface area contributed by atoms with E-state index in [0.717, 1.165) is 24.1 Å². The number of guanidine groups is 1. The van der Waals surface area contributed by atoms with E-state index in [0.29, 0.717) is 31.2 Å². The fraction of sp³-hybridized carbons (Fsp3) is 0.455. The van der Waals surface area contributed by atoms with Crippen LogP contribution in [-0.2, 0) is 13.1 Å². The molecule has 2 aromatic rings. The molecule has 1 aromatic carbocycles. The van der Waals surface area contributed by atoms with Gasteiger partial charge in [-0.05, 0) is 45.7 Å². The average Bonchev–Trinajstić information content (AvgIpc) is 2.69. The number of nitrogens with one attached hydrogen (secondary N) is 2. The third kappa shape index (κ3) is 7.50. The molecule has 30 heavy (non-hydrogen) atoms. The summed E-state index contributed by atoms with van der Waals surface area (Å²) in [6.45, 7) is 5.15. The highest BCUT2D eigenvalue weighted by Gasteiger charge is 2.10. The van der Waals surface area contributed by atoms with Crippen LogP contribution < -0.4 is 20.9 Å². The Labute approximate surface area is 176 Å². The van der Waals surface area contributed by atoms with E-state index in [1.165, 1.54) is 0 Å². The maximum absolute atomic E-state index is 12.6. The molecule has 8 heteroatoms. The van der Waals surface area contributed by atoms with E-state index in [1.54, 1.807) is 34.9 Å². The summed E-state index contributed by atoms with van der Waals surface area (Å²) >= 11 is 0. The molecule has 0 aliphatic rings. The zero-order chi connectivity index (χ0) is 21.9. The summed E-state index contributed by atoms with van der Waals surface area (Å²) in [5.74, 6) is 0.744. The zero-order valence-electron chi connectivity index (χ0n) is 17.8. The number of hydrogen-bond acceptors (Lipinski definition) is 3. The van der Waals surface area contributed by atoms with Crippen molar-refractivity contribution in [3.8, 4) is 5.75 Å². The molecule has 164 valence electrons. The van der Waals surface area contributed by atoms with E-state index in [1.807, 2.05) is 26.8 Å². The van der Waals surface area contributed by atoms with Crippen molar-refractivity contribution in [1.82, 2.24) is 15.2 Å². The number of hydrogen-bond donors (Lipinski definition) is 2. The van der Waals surface area contributed by atoms with Crippen molar-refractivity contribution >= 4 is 5.96 Å². The molecular weight excluding hydrogens is 390 g/mol. The van der Waals surface area contributed by atoms with E-state index < -0.39 is 6.61 Å². The van der Waals surface area contributed by atoms with Gasteiger partial charge in [0.25, 0.3) is 5.56 Å². The summed E-state index contributed by atoms with van der Waals surface area (Å²) in [6.07, 6.45) is 1.71. The Morgan fingerprint density at radius 1 is 1.17 bits per heavy atom. The fourth-order valence-electron chi connectivity index (χ4n) is 3.06. The monoisotopic (exact) mass is 420 g/mol. The summed E-state index contributed by atoms with van der Waals surface area (Å²) in [7, 11) is 0. The lowest BCUT2D eigenvalue weighted by molar-refractivity contribution is -0.0504. The van der Waals surface area contributed by atoms with Crippen molar-refractivity contribution < 1.29 is 13.5 Å². The van der Waals surface area contributed by atoms with Crippen LogP contribution in [0.2, 0.25) is 0 Å². The Balaban J connectivity index is 1.90. The van der Waals surface area contributed by atoms with Crippen molar-refractivity contribution in [2.75, 3.05) is 13.1 Å². The number of pyridine rings is 1. The van der Waals surface area contributed by atoms with Crippen LogP contribution in [0.15, 0.2) is 46.2 Å². The van der Waals surface area contributed by atoms with Crippen LogP contribution in [-0.4, -0.2) is 30.2 Å². The molecule has 1 aromatic heterocycles. The van der Waals surface area contributed by atoms with Crippen LogP contribution in [0.25, 0.3) is 0 Å². The number of nitrogens with zero attached hydrogens (tertiary/aromatic N) is 2. The molecule has 1 heterocycles. The molecule has 0 bridgehead atoms. The molecule has 0 saturated carbocycles. The number of alkyl halides is 2. The Hall–Kier alpha value is -2.90. The molecule has 0 fully saturated rings. The molecule has 6 nitrogen and oxygen atoms in total. The smallest absolute Gasteiger partial charge is 0.387 e. The lowest BCUT2D eigenvalue weighted by Gasteiger charge is -2.14. The van der Waals surface area contributed by atoms with Gasteiger partial charge in [0.05, 0.1) is 6.54 Å². The number of rotatable bonds is 10. The highest BCUT2D eigenvalue weighted by molar-refractivity contribution is 5.79. The summed E-state index contributed by atoms with van der Waals surface area (Å²) in [5.41, 5.74) is 2.51. The van der Waals surface area contributed by atoms with Crippen LogP contribution in [0.1, 0.15) is 36.6 Å². The van der Waals surface area contributed by atoms with Crippen molar-refractivity contribution in [1.29, 1.82) is 0 Å². The molecule has 2 rings (SSSR count). The van der Waals surface area contributed by atoms with Crippen molar-refractivity contribution in [2.45, 2.75) is 53.3 Å². The minimum Gasteiger partial charge on any atom is -0.434 e. The number of aryl methyl sites for hydroxylation is 2. The van der Waals surface area contributed by atoms with E-state index >= 15 is 0 Å². The molecule has 2 N–H and O–H groups in total. The number of benzene rings is 1. The molecule has 0 spiro atoms. The Morgan fingerprint density at radius 2 is 1.97 bits per heavy atom. The summed E-state index contributed by atoms with van der Waals surface area (Å²) in [6, 6.07) is 10.3. The van der Waals surface area contributed by atoms with Crippen LogP contribution in [0, 0.1) is 13.8 Å². The van der Waals surface area contributed by atoms with Gasteiger partial charge in [-0.15, -0.1) is 0 Å². The van der Waals surface area contributed by atoms with Crippen LogP contribution in [0.5, 0.6) is 5.75 Å². The van der Waals surface area contributed by atoms with E-state index in [9.17, 15) is 13.6 Å². The fourth-order valence-corrected chi connectivity index (χ4v) is 3.06. The lowest BCUT2D eigenvalue weighted by Crippen LogP contribution is -2.37. The van der Waals surface area contributed by atoms with E-state index in [4.69, 9.17) is 0 Å². The molecule has 0 aliphatic carbocycles. The minimum atomic E-state index is -2.87. The molecular formula is C22H30F2N4O2. The number of aliphatic imine (C=N–C) groups is 1. The molecule has 0 amide bonds. The normalized spacial score (nSPS) is 11.6. The lowest BCUT2D eigenvalue weighted by atomic mass is 10.1. The second-order valence-corrected chi connectivity index (χ2v) is 6.98. The van der Waals surface area contributed by atoms with Crippen molar-refractivity contribution in [3.63, 3.8) is 0 Å². The molecule has 0 aliphatic heterocycles. The van der Waals surface area contributed by atoms with Crippen LogP contribution >= 0.6 is 0 Å². The summed E-state index contributed by atoms with van der Waals surface area (Å²) in [4.78, 5) is 16.4. The predicted molar refractivity (Wildman–Crippen MR) is 115 cm³/mol. The Morgan fingerprint density at radius 3 is 2.67 bits per heavy atom. The maximum atomic E-state index is 12.6. The number of unbranched alkanes of at least 4 members (excludes halogenated alkanes) is 1. The highest BCUT2D eigenvalue weighted by Crippen LogP contribution is 2.22. The van der Waals surface area contributed by atoms with Gasteiger partial charge < -0.3 is 19.9 Å². The minimum absolute atomic E-state index is 0.0119. The third-order valence-corrected chi connectivity index (χ3v) is 4.55. The highest BCUT2D eigenvalue weighted by atomic mass is 19.3. The van der Waals surface area contributed by atoms with Gasteiger partial charge in [-0.1, -0.05) is 23.8 Å². The van der Waals surface area contributed by atoms with Gasteiger partial charge in [-0.3, -0.25) is 4.79 Å². The second kappa shape index (κ2) is 11.9. The SMILES string of the molecule is CCNC(=NCc1cc(C)ccc1OC(F)F)NCCCCn1c(C)cccc1=O. The summed E-state index contributed by atoms with van der Waals surface area (Å²) in [5, 5.41) is 6.39. The van der Waals surface area contributed by atoms with E-state index in [-0.39, 0.29) is 17.9 Å². The second-order valence-electron chi connectivity index (χ2n) is 6.98. The summed E-state index contributed by atoms with van der Waals surface area (Å²) < 4.78 is 31.6. The molecule has 0 unspecified atom stereocenters. The largest absolute Gasteiger partial charge is 0.434 e. The van der Waals surface area contributed by atoms with Gasteiger partial charge in [-0.25, -0.2) is 4.99 Å². The first-order valence-corrected chi connectivity index (χ1v) is 10.1. The number of ether oxygens (including phenoxy) is 1. The van der Waals surface area contributed by atoms with Gasteiger partial charge in [0.15, 0.2) is 5.96 Å². The first-order chi connectivity index (χ1) is 14.4. The topological polar surface area (TPSA) is 67.7 Å². The van der Waals surface area contributed by atoms with Gasteiger partial charge in [0, 0.05) is 37.0 Å². The van der Waals surface area contributed by atoms with Crippen LogP contribution in [0.3, 0.4) is 0 Å². The first kappa shape index (κ1) is 23.4. The van der Waals surface area contributed by atoms with Gasteiger partial charge in [0.1, 0.15) is 5.75 Å². The van der Waals surface area contributed by atoms with Crippen molar-refractivity contribution in [3.05, 3.63) is 63.6 Å². The Bertz CT molecular complexity index is 897. The molecule has 0 saturated heterocycles. The van der Waals surface area contributed by atoms with Crippen LogP contribution in [0.4, 0.5) is 8.78 Å². The average molecular weight is 421 g/mol. The van der Waals surface area contributed by atoms with Gasteiger partial charge >= 0.3 is 6.61 Å². The molecule has 0 atom stereocenters. The quantitative estimate of drug-likeness (QED) is 0.350. The number of aromatic nitrogens is 1. The van der Waals surface area contributed by atoms with Gasteiger partial charge in [-0.2, -0.15) is 8.78 Å². The van der Waals surface area contributed by atoms with Crippen molar-refractivity contribution in [2.24, 2.45) is 4.99 Å². The first-order valence-electron chi connectivity index (χ1n) is 10.1. The maximum Gasteiger partial charge on any atom is 0.387 e. The Kier molecular flexibility index (Phi) is 9.31.